The first-order valence-electron chi connectivity index (χ1n) is 6.00. The summed E-state index contributed by atoms with van der Waals surface area (Å²) in [5, 5.41) is 4.35. The number of aromatic nitrogens is 2. The molecule has 0 saturated heterocycles. The summed E-state index contributed by atoms with van der Waals surface area (Å²) in [6.07, 6.45) is 5.07. The minimum Gasteiger partial charge on any atom is -0.292 e. The lowest BCUT2D eigenvalue weighted by molar-refractivity contribution is 0.0849. The van der Waals surface area contributed by atoms with E-state index in [0.29, 0.717) is 5.69 Å². The molecule has 0 unspecified atom stereocenters. The largest absolute Gasteiger partial charge is 0.292 e. The Hall–Kier alpha value is -1.90. The molecule has 86 valence electrons. The van der Waals surface area contributed by atoms with Gasteiger partial charge >= 0.3 is 0 Å². The normalized spacial score (nSPS) is 15.5. The third-order valence-electron chi connectivity index (χ3n) is 3.34. The van der Waals surface area contributed by atoms with Crippen LogP contribution in [0.25, 0.3) is 5.69 Å². The number of carbonyl (C=O) groups is 1. The van der Waals surface area contributed by atoms with Gasteiger partial charge in [-0.3, -0.25) is 4.79 Å². The molecule has 3 heteroatoms. The highest BCUT2D eigenvalue weighted by atomic mass is 16.1. The summed E-state index contributed by atoms with van der Waals surface area (Å²) in [6, 6.07) is 11.7. The van der Waals surface area contributed by atoms with Gasteiger partial charge in [0.25, 0.3) is 0 Å². The number of benzene rings is 1. The zero-order valence-electron chi connectivity index (χ0n) is 9.54. The molecule has 1 aromatic heterocycles. The zero-order chi connectivity index (χ0) is 11.7. The zero-order valence-corrected chi connectivity index (χ0v) is 9.54. The van der Waals surface area contributed by atoms with E-state index in [2.05, 4.69) is 5.10 Å². The standard InChI is InChI=1S/C14H14N2O/c17-14(11-5-4-6-11)13-9-10-16(15-13)12-7-2-1-3-8-12/h1-3,7-11H,4-6H2. The van der Waals surface area contributed by atoms with Crippen molar-refractivity contribution in [2.75, 3.05) is 0 Å². The van der Waals surface area contributed by atoms with Crippen molar-refractivity contribution in [3.63, 3.8) is 0 Å². The van der Waals surface area contributed by atoms with E-state index in [9.17, 15) is 4.79 Å². The number of nitrogens with zero attached hydrogens (tertiary/aromatic N) is 2. The summed E-state index contributed by atoms with van der Waals surface area (Å²) in [5.41, 5.74) is 1.58. The molecule has 1 aliphatic rings. The number of ketones is 1. The molecule has 17 heavy (non-hydrogen) atoms. The molecule has 0 bridgehead atoms. The molecule has 0 N–H and O–H groups in total. The van der Waals surface area contributed by atoms with Gasteiger partial charge in [-0.05, 0) is 31.0 Å². The molecule has 3 nitrogen and oxygen atoms in total. The van der Waals surface area contributed by atoms with Crippen LogP contribution in [-0.4, -0.2) is 15.6 Å². The molecular weight excluding hydrogens is 212 g/mol. The second kappa shape index (κ2) is 4.17. The van der Waals surface area contributed by atoms with E-state index in [1.807, 2.05) is 42.6 Å². The molecule has 1 fully saturated rings. The summed E-state index contributed by atoms with van der Waals surface area (Å²) in [4.78, 5) is 12.0. The van der Waals surface area contributed by atoms with Gasteiger partial charge in [0.15, 0.2) is 5.78 Å². The lowest BCUT2D eigenvalue weighted by Crippen LogP contribution is -2.22. The summed E-state index contributed by atoms with van der Waals surface area (Å²) < 4.78 is 1.76. The Labute approximate surface area is 100 Å². The molecule has 0 atom stereocenters. The highest BCUT2D eigenvalue weighted by Gasteiger charge is 2.27. The van der Waals surface area contributed by atoms with Crippen LogP contribution in [0.4, 0.5) is 0 Å². The Morgan fingerprint density at radius 1 is 1.18 bits per heavy atom. The van der Waals surface area contributed by atoms with Crippen LogP contribution in [0.1, 0.15) is 29.8 Å². The fraction of sp³-hybridized carbons (Fsp3) is 0.286. The Bertz CT molecular complexity index is 526. The number of rotatable bonds is 3. The van der Waals surface area contributed by atoms with Crippen molar-refractivity contribution in [3.05, 3.63) is 48.3 Å². The summed E-state index contributed by atoms with van der Waals surface area (Å²) in [7, 11) is 0. The van der Waals surface area contributed by atoms with Crippen molar-refractivity contribution in [1.82, 2.24) is 9.78 Å². The minimum atomic E-state index is 0.200. The first-order valence-corrected chi connectivity index (χ1v) is 6.00. The predicted molar refractivity (Wildman–Crippen MR) is 65.2 cm³/mol. The first-order chi connectivity index (χ1) is 8.34. The quantitative estimate of drug-likeness (QED) is 0.754. The van der Waals surface area contributed by atoms with E-state index in [1.165, 1.54) is 6.42 Å². The van der Waals surface area contributed by atoms with E-state index < -0.39 is 0 Å². The Morgan fingerprint density at radius 3 is 2.59 bits per heavy atom. The van der Waals surface area contributed by atoms with Crippen molar-refractivity contribution in [1.29, 1.82) is 0 Å². The molecule has 1 aromatic carbocycles. The van der Waals surface area contributed by atoms with Crippen LogP contribution in [0.15, 0.2) is 42.6 Å². The molecule has 2 aromatic rings. The van der Waals surface area contributed by atoms with E-state index in [-0.39, 0.29) is 11.7 Å². The Kier molecular flexibility index (Phi) is 2.52. The van der Waals surface area contributed by atoms with Gasteiger partial charge in [-0.25, -0.2) is 4.68 Å². The number of para-hydroxylation sites is 1. The van der Waals surface area contributed by atoms with E-state index in [0.717, 1.165) is 18.5 Å². The van der Waals surface area contributed by atoms with Crippen molar-refractivity contribution in [2.24, 2.45) is 5.92 Å². The van der Waals surface area contributed by atoms with Crippen LogP contribution < -0.4 is 0 Å². The lowest BCUT2D eigenvalue weighted by atomic mass is 9.81. The van der Waals surface area contributed by atoms with Crippen LogP contribution in [0.5, 0.6) is 0 Å². The average Bonchev–Trinajstić information content (AvgIpc) is 2.77. The first kappa shape index (κ1) is 10.3. The number of carbonyl (C=O) groups excluding carboxylic acids is 1. The molecular formula is C14H14N2O. The van der Waals surface area contributed by atoms with Crippen molar-refractivity contribution < 1.29 is 4.79 Å². The number of hydrogen-bond donors (Lipinski definition) is 0. The van der Waals surface area contributed by atoms with Crippen molar-refractivity contribution >= 4 is 5.78 Å². The highest BCUT2D eigenvalue weighted by Crippen LogP contribution is 2.29. The van der Waals surface area contributed by atoms with E-state index in [4.69, 9.17) is 0 Å². The van der Waals surface area contributed by atoms with Crippen LogP contribution in [0.3, 0.4) is 0 Å². The van der Waals surface area contributed by atoms with E-state index in [1.54, 1.807) is 4.68 Å². The van der Waals surface area contributed by atoms with Gasteiger partial charge in [-0.2, -0.15) is 5.10 Å². The van der Waals surface area contributed by atoms with Gasteiger partial charge in [-0.1, -0.05) is 24.6 Å². The van der Waals surface area contributed by atoms with Gasteiger partial charge in [0.2, 0.25) is 0 Å². The van der Waals surface area contributed by atoms with Gasteiger partial charge < -0.3 is 0 Å². The monoisotopic (exact) mass is 226 g/mol. The smallest absolute Gasteiger partial charge is 0.186 e. The van der Waals surface area contributed by atoms with Gasteiger partial charge in [0.05, 0.1) is 5.69 Å². The molecule has 1 aliphatic carbocycles. The maximum absolute atomic E-state index is 12.0. The molecule has 0 spiro atoms. The van der Waals surface area contributed by atoms with Crippen molar-refractivity contribution in [2.45, 2.75) is 19.3 Å². The van der Waals surface area contributed by atoms with Crippen LogP contribution in [0.2, 0.25) is 0 Å². The average molecular weight is 226 g/mol. The van der Waals surface area contributed by atoms with Gasteiger partial charge in [-0.15, -0.1) is 0 Å². The molecule has 0 radical (unpaired) electrons. The number of Topliss-reactive ketones (excluding diaryl/α,β-unsaturated/α-hetero) is 1. The molecule has 1 saturated carbocycles. The Morgan fingerprint density at radius 2 is 1.94 bits per heavy atom. The summed E-state index contributed by atoms with van der Waals surface area (Å²) in [5.74, 6) is 0.417. The van der Waals surface area contributed by atoms with E-state index >= 15 is 0 Å². The third kappa shape index (κ3) is 1.88. The Balaban J connectivity index is 1.85. The molecule has 3 rings (SSSR count). The second-order valence-corrected chi connectivity index (χ2v) is 4.47. The van der Waals surface area contributed by atoms with Crippen LogP contribution in [0, 0.1) is 5.92 Å². The highest BCUT2D eigenvalue weighted by molar-refractivity contribution is 5.96. The SMILES string of the molecule is O=C(c1ccn(-c2ccccc2)n1)C1CCC1. The molecule has 0 amide bonds. The molecule has 0 aliphatic heterocycles. The topological polar surface area (TPSA) is 34.9 Å². The maximum atomic E-state index is 12.0. The van der Waals surface area contributed by atoms with Gasteiger partial charge in [0.1, 0.15) is 5.69 Å². The van der Waals surface area contributed by atoms with Crippen LogP contribution >= 0.6 is 0 Å². The third-order valence-corrected chi connectivity index (χ3v) is 3.34. The predicted octanol–water partition coefficient (Wildman–Crippen LogP) is 2.86. The lowest BCUT2D eigenvalue weighted by Gasteiger charge is -2.22. The fourth-order valence-corrected chi connectivity index (χ4v) is 2.06. The fourth-order valence-electron chi connectivity index (χ4n) is 2.06. The summed E-state index contributed by atoms with van der Waals surface area (Å²) >= 11 is 0. The van der Waals surface area contributed by atoms with Crippen LogP contribution in [-0.2, 0) is 0 Å². The van der Waals surface area contributed by atoms with Crippen molar-refractivity contribution in [3.8, 4) is 5.69 Å². The molecule has 1 heterocycles. The maximum Gasteiger partial charge on any atom is 0.186 e. The number of hydrogen-bond acceptors (Lipinski definition) is 2. The summed E-state index contributed by atoms with van der Waals surface area (Å²) in [6.45, 7) is 0. The van der Waals surface area contributed by atoms with Gasteiger partial charge in [0, 0.05) is 12.1 Å². The minimum absolute atomic E-state index is 0.200. The second-order valence-electron chi connectivity index (χ2n) is 4.47.